The van der Waals surface area contributed by atoms with Crippen molar-refractivity contribution in [1.82, 2.24) is 4.90 Å². The third-order valence-electron chi connectivity index (χ3n) is 4.11. The van der Waals surface area contributed by atoms with Gasteiger partial charge in [-0.25, -0.2) is 0 Å². The lowest BCUT2D eigenvalue weighted by Gasteiger charge is -2.34. The van der Waals surface area contributed by atoms with Crippen LogP contribution in [0.15, 0.2) is 18.2 Å². The van der Waals surface area contributed by atoms with Crippen LogP contribution in [0, 0.1) is 0 Å². The zero-order valence-corrected chi connectivity index (χ0v) is 13.5. The number of nitrogens with zero attached hydrogens (tertiary/aromatic N) is 1. The number of methoxy groups -OCH3 is 1. The molecule has 0 bridgehead atoms. The van der Waals surface area contributed by atoms with E-state index < -0.39 is 0 Å². The molecule has 0 saturated carbocycles. The van der Waals surface area contributed by atoms with Crippen LogP contribution in [-0.4, -0.2) is 29.7 Å². The number of benzene rings is 1. The summed E-state index contributed by atoms with van der Waals surface area (Å²) in [5, 5.41) is 10.2. The molecule has 0 aliphatic carbocycles. The van der Waals surface area contributed by atoms with Gasteiger partial charge in [-0.2, -0.15) is 0 Å². The molecule has 1 N–H and O–H groups in total. The van der Waals surface area contributed by atoms with Crippen LogP contribution in [0.4, 0.5) is 0 Å². The van der Waals surface area contributed by atoms with Crippen molar-refractivity contribution < 1.29 is 9.84 Å². The summed E-state index contributed by atoms with van der Waals surface area (Å²) in [6.07, 6.45) is 3.49. The maximum Gasteiger partial charge on any atom is 0.124 e. The monoisotopic (exact) mass is 279 g/mol. The molecule has 0 aromatic heterocycles. The molecule has 114 valence electrons. The van der Waals surface area contributed by atoms with Crippen molar-refractivity contribution in [1.29, 1.82) is 0 Å². The van der Waals surface area contributed by atoms with E-state index in [0.29, 0.717) is 17.5 Å². The van der Waals surface area contributed by atoms with Gasteiger partial charge in [0.2, 0.25) is 0 Å². The van der Waals surface area contributed by atoms with Gasteiger partial charge in [-0.05, 0) is 39.3 Å². The highest BCUT2D eigenvalue weighted by Gasteiger charge is 2.22. The van der Waals surface area contributed by atoms with Gasteiger partial charge in [-0.1, -0.05) is 26.3 Å². The fraction of sp³-hybridized carbons (Fsp3) is 0.647. The van der Waals surface area contributed by atoms with Crippen LogP contribution in [0.5, 0.6) is 11.5 Å². The second-order valence-electron chi connectivity index (χ2n) is 5.45. The van der Waals surface area contributed by atoms with Crippen molar-refractivity contribution in [2.45, 2.75) is 59.0 Å². The normalized spacial score (nSPS) is 14.3. The van der Waals surface area contributed by atoms with Crippen LogP contribution in [0.3, 0.4) is 0 Å². The molecule has 3 nitrogen and oxygen atoms in total. The topological polar surface area (TPSA) is 32.7 Å². The Morgan fingerprint density at radius 3 is 2.45 bits per heavy atom. The SMILES string of the molecule is CCCCN(C(C)CC)C(C)c1ccc(OC)cc1O. The minimum atomic E-state index is 0.211. The molecular formula is C17H29NO2. The smallest absolute Gasteiger partial charge is 0.124 e. The number of hydrogen-bond acceptors (Lipinski definition) is 3. The molecule has 0 saturated heterocycles. The van der Waals surface area contributed by atoms with Crippen molar-refractivity contribution in [2.24, 2.45) is 0 Å². The summed E-state index contributed by atoms with van der Waals surface area (Å²) < 4.78 is 5.15. The van der Waals surface area contributed by atoms with Crippen LogP contribution in [-0.2, 0) is 0 Å². The van der Waals surface area contributed by atoms with E-state index in [0.717, 1.165) is 18.5 Å². The van der Waals surface area contributed by atoms with Gasteiger partial charge >= 0.3 is 0 Å². The Morgan fingerprint density at radius 1 is 1.25 bits per heavy atom. The molecule has 0 radical (unpaired) electrons. The van der Waals surface area contributed by atoms with Crippen LogP contribution in [0.1, 0.15) is 58.6 Å². The predicted octanol–water partition coefficient (Wildman–Crippen LogP) is 4.36. The molecular weight excluding hydrogens is 250 g/mol. The van der Waals surface area contributed by atoms with E-state index >= 15 is 0 Å². The molecule has 0 spiro atoms. The fourth-order valence-electron chi connectivity index (χ4n) is 2.55. The zero-order chi connectivity index (χ0) is 15.1. The molecule has 2 unspecified atom stereocenters. The Labute approximate surface area is 123 Å². The van der Waals surface area contributed by atoms with Crippen molar-refractivity contribution in [3.8, 4) is 11.5 Å². The highest BCUT2D eigenvalue weighted by atomic mass is 16.5. The molecule has 20 heavy (non-hydrogen) atoms. The summed E-state index contributed by atoms with van der Waals surface area (Å²) in [7, 11) is 1.62. The van der Waals surface area contributed by atoms with Gasteiger partial charge in [0.25, 0.3) is 0 Å². The average Bonchev–Trinajstić information content (AvgIpc) is 2.46. The standard InChI is InChI=1S/C17H29NO2/c1-6-8-11-18(13(3)7-2)14(4)16-10-9-15(20-5)12-17(16)19/h9-10,12-14,19H,6-8,11H2,1-5H3. The van der Waals surface area contributed by atoms with E-state index in [1.807, 2.05) is 12.1 Å². The number of phenols is 1. The number of phenolic OH excluding ortho intramolecular Hbond substituents is 1. The first-order chi connectivity index (χ1) is 9.54. The molecule has 1 aromatic rings. The van der Waals surface area contributed by atoms with E-state index in [2.05, 4.69) is 32.6 Å². The van der Waals surface area contributed by atoms with Crippen molar-refractivity contribution in [2.75, 3.05) is 13.7 Å². The van der Waals surface area contributed by atoms with E-state index in [-0.39, 0.29) is 6.04 Å². The molecule has 2 atom stereocenters. The quantitative estimate of drug-likeness (QED) is 0.767. The summed E-state index contributed by atoms with van der Waals surface area (Å²) in [5.41, 5.74) is 0.974. The Hall–Kier alpha value is -1.22. The van der Waals surface area contributed by atoms with Crippen molar-refractivity contribution in [3.05, 3.63) is 23.8 Å². The van der Waals surface area contributed by atoms with Crippen LogP contribution in [0.25, 0.3) is 0 Å². The lowest BCUT2D eigenvalue weighted by molar-refractivity contribution is 0.145. The Kier molecular flexibility index (Phi) is 6.86. The molecule has 0 fully saturated rings. The number of aromatic hydroxyl groups is 1. The first-order valence-electron chi connectivity index (χ1n) is 7.67. The van der Waals surface area contributed by atoms with Gasteiger partial charge in [-0.3, -0.25) is 4.90 Å². The molecule has 0 amide bonds. The van der Waals surface area contributed by atoms with E-state index in [4.69, 9.17) is 4.74 Å². The molecule has 0 aliphatic rings. The van der Waals surface area contributed by atoms with Crippen molar-refractivity contribution >= 4 is 0 Å². The second kappa shape index (κ2) is 8.15. The predicted molar refractivity (Wildman–Crippen MR) is 84.4 cm³/mol. The Morgan fingerprint density at radius 2 is 1.95 bits per heavy atom. The van der Waals surface area contributed by atoms with Crippen LogP contribution < -0.4 is 4.74 Å². The third-order valence-corrected chi connectivity index (χ3v) is 4.11. The molecule has 1 aromatic carbocycles. The number of unbranched alkanes of at least 4 members (excludes halogenated alkanes) is 1. The summed E-state index contributed by atoms with van der Waals surface area (Å²) >= 11 is 0. The summed E-state index contributed by atoms with van der Waals surface area (Å²) in [6.45, 7) is 9.92. The first-order valence-corrected chi connectivity index (χ1v) is 7.67. The highest BCUT2D eigenvalue weighted by molar-refractivity contribution is 5.41. The maximum absolute atomic E-state index is 10.2. The Balaban J connectivity index is 2.95. The lowest BCUT2D eigenvalue weighted by Crippen LogP contribution is -2.35. The van der Waals surface area contributed by atoms with E-state index in [1.165, 1.54) is 12.8 Å². The maximum atomic E-state index is 10.2. The van der Waals surface area contributed by atoms with Gasteiger partial charge < -0.3 is 9.84 Å². The van der Waals surface area contributed by atoms with Gasteiger partial charge in [0.1, 0.15) is 11.5 Å². The number of rotatable bonds is 8. The summed E-state index contributed by atoms with van der Waals surface area (Å²) in [5.74, 6) is 1.02. The van der Waals surface area contributed by atoms with E-state index in [9.17, 15) is 5.11 Å². The Bertz CT molecular complexity index is 406. The average molecular weight is 279 g/mol. The zero-order valence-electron chi connectivity index (χ0n) is 13.5. The van der Waals surface area contributed by atoms with Crippen molar-refractivity contribution in [3.63, 3.8) is 0 Å². The molecule has 3 heteroatoms. The molecule has 0 aliphatic heterocycles. The molecule has 1 rings (SSSR count). The summed E-state index contributed by atoms with van der Waals surface area (Å²) in [4.78, 5) is 2.48. The second-order valence-corrected chi connectivity index (χ2v) is 5.45. The van der Waals surface area contributed by atoms with Gasteiger partial charge in [-0.15, -0.1) is 0 Å². The van der Waals surface area contributed by atoms with Gasteiger partial charge in [0.05, 0.1) is 7.11 Å². The largest absolute Gasteiger partial charge is 0.507 e. The summed E-state index contributed by atoms with van der Waals surface area (Å²) in [6, 6.07) is 6.31. The third kappa shape index (κ3) is 4.14. The van der Waals surface area contributed by atoms with Crippen LogP contribution >= 0.6 is 0 Å². The molecule has 0 heterocycles. The van der Waals surface area contributed by atoms with Gasteiger partial charge in [0, 0.05) is 23.7 Å². The van der Waals surface area contributed by atoms with Crippen LogP contribution in [0.2, 0.25) is 0 Å². The fourth-order valence-corrected chi connectivity index (χ4v) is 2.55. The minimum absolute atomic E-state index is 0.211. The number of ether oxygens (including phenoxy) is 1. The van der Waals surface area contributed by atoms with E-state index in [1.54, 1.807) is 13.2 Å². The lowest BCUT2D eigenvalue weighted by atomic mass is 10.0. The first kappa shape index (κ1) is 16.8. The van der Waals surface area contributed by atoms with Gasteiger partial charge in [0.15, 0.2) is 0 Å². The highest BCUT2D eigenvalue weighted by Crippen LogP contribution is 2.33. The number of hydrogen-bond donors (Lipinski definition) is 1. The minimum Gasteiger partial charge on any atom is -0.507 e.